The summed E-state index contributed by atoms with van der Waals surface area (Å²) in [6.07, 6.45) is -6.20. The highest BCUT2D eigenvalue weighted by atomic mass is 19.3. The van der Waals surface area contributed by atoms with E-state index < -0.39 is 24.7 Å². The van der Waals surface area contributed by atoms with Crippen LogP contribution in [0.15, 0.2) is 54.6 Å². The lowest BCUT2D eigenvalue weighted by Crippen LogP contribution is -2.35. The molecule has 3 N–H and O–H groups in total. The molecule has 0 aliphatic heterocycles. The Labute approximate surface area is 143 Å². The van der Waals surface area contributed by atoms with Crippen LogP contribution in [0.4, 0.5) is 13.6 Å². The number of carbonyl (C=O) groups is 1. The number of hydrogen-bond acceptors (Lipinski definition) is 4. The molecule has 0 radical (unpaired) electrons. The Morgan fingerprint density at radius 2 is 1.72 bits per heavy atom. The minimum absolute atomic E-state index is 0.0712. The monoisotopic (exact) mass is 351 g/mol. The van der Waals surface area contributed by atoms with Gasteiger partial charge in [-0.25, -0.2) is 13.6 Å². The summed E-state index contributed by atoms with van der Waals surface area (Å²) in [5.41, 5.74) is 0.700. The minimum atomic E-state index is -2.67. The maximum Gasteiger partial charge on any atom is 0.407 e. The van der Waals surface area contributed by atoms with Crippen molar-refractivity contribution in [1.82, 2.24) is 5.32 Å². The summed E-state index contributed by atoms with van der Waals surface area (Å²) in [4.78, 5) is 11.6. The van der Waals surface area contributed by atoms with Gasteiger partial charge in [0.2, 0.25) is 0 Å². The molecule has 0 spiro atoms. The third-order valence-corrected chi connectivity index (χ3v) is 3.54. The lowest BCUT2D eigenvalue weighted by atomic mass is 10.0. The van der Waals surface area contributed by atoms with E-state index in [1.54, 1.807) is 12.1 Å². The number of carbonyl (C=O) groups excluding carboxylic acids is 1. The first-order valence-corrected chi connectivity index (χ1v) is 7.66. The van der Waals surface area contributed by atoms with Crippen molar-refractivity contribution < 1.29 is 28.5 Å². The second-order valence-corrected chi connectivity index (χ2v) is 5.43. The molecule has 0 saturated carbocycles. The molecule has 0 aliphatic carbocycles. The van der Waals surface area contributed by atoms with E-state index in [0.29, 0.717) is 0 Å². The highest BCUT2D eigenvalue weighted by Gasteiger charge is 2.20. The predicted molar refractivity (Wildman–Crippen MR) is 87.0 cm³/mol. The summed E-state index contributed by atoms with van der Waals surface area (Å²) in [7, 11) is 0. The third kappa shape index (κ3) is 5.81. The second-order valence-electron chi connectivity index (χ2n) is 5.43. The Morgan fingerprint density at radius 1 is 1.04 bits per heavy atom. The van der Waals surface area contributed by atoms with Crippen LogP contribution in [0.2, 0.25) is 0 Å². The van der Waals surface area contributed by atoms with Gasteiger partial charge < -0.3 is 20.3 Å². The Balaban J connectivity index is 1.81. The smallest absolute Gasteiger partial charge is 0.407 e. The highest BCUT2D eigenvalue weighted by Crippen LogP contribution is 2.24. The van der Waals surface area contributed by atoms with Crippen molar-refractivity contribution >= 4 is 6.09 Å². The minimum Gasteiger partial charge on any atom is -0.445 e. The van der Waals surface area contributed by atoms with Gasteiger partial charge in [-0.05, 0) is 17.2 Å². The molecular formula is C18H19F2NO4. The summed E-state index contributed by atoms with van der Waals surface area (Å²) in [5, 5.41) is 22.3. The largest absolute Gasteiger partial charge is 0.445 e. The van der Waals surface area contributed by atoms with Gasteiger partial charge in [0.15, 0.2) is 0 Å². The molecule has 25 heavy (non-hydrogen) atoms. The maximum absolute atomic E-state index is 12.7. The third-order valence-electron chi connectivity index (χ3n) is 3.54. The number of rotatable bonds is 7. The number of alkyl halides is 2. The van der Waals surface area contributed by atoms with Crippen molar-refractivity contribution in [2.24, 2.45) is 0 Å². The predicted octanol–water partition coefficient (Wildman–Crippen LogP) is 2.94. The van der Waals surface area contributed by atoms with Crippen molar-refractivity contribution in [1.29, 1.82) is 0 Å². The molecule has 0 saturated heterocycles. The molecule has 7 heteroatoms. The van der Waals surface area contributed by atoms with E-state index in [9.17, 15) is 23.8 Å². The molecule has 1 amide bonds. The average Bonchev–Trinajstić information content (AvgIpc) is 2.64. The van der Waals surface area contributed by atoms with Crippen LogP contribution < -0.4 is 5.32 Å². The van der Waals surface area contributed by atoms with Crippen LogP contribution in [0.25, 0.3) is 0 Å². The van der Waals surface area contributed by atoms with E-state index >= 15 is 0 Å². The van der Waals surface area contributed by atoms with Gasteiger partial charge in [-0.3, -0.25) is 0 Å². The number of benzene rings is 2. The Hall–Kier alpha value is -2.51. The summed E-state index contributed by atoms with van der Waals surface area (Å²) in [6.45, 7) is -0.213. The second kappa shape index (κ2) is 9.10. The molecule has 0 bridgehead atoms. The quantitative estimate of drug-likeness (QED) is 0.717. The van der Waals surface area contributed by atoms with Crippen LogP contribution in [-0.2, 0) is 11.3 Å². The molecule has 2 aromatic carbocycles. The fourth-order valence-electron chi connectivity index (χ4n) is 2.17. The van der Waals surface area contributed by atoms with E-state index in [-0.39, 0.29) is 24.3 Å². The first-order valence-electron chi connectivity index (χ1n) is 7.66. The molecule has 2 rings (SSSR count). The van der Waals surface area contributed by atoms with Gasteiger partial charge >= 0.3 is 6.09 Å². The number of aliphatic hydroxyl groups excluding tert-OH is 2. The fraction of sp³-hybridized carbons (Fsp3) is 0.278. The van der Waals surface area contributed by atoms with Gasteiger partial charge in [-0.1, -0.05) is 48.5 Å². The van der Waals surface area contributed by atoms with Crippen molar-refractivity contribution in [3.05, 3.63) is 71.3 Å². The van der Waals surface area contributed by atoms with E-state index in [1.807, 2.05) is 18.2 Å². The number of halogens is 2. The lowest BCUT2D eigenvalue weighted by Gasteiger charge is -2.19. The Bertz CT molecular complexity index is 682. The highest BCUT2D eigenvalue weighted by molar-refractivity contribution is 5.67. The zero-order valence-electron chi connectivity index (χ0n) is 13.3. The van der Waals surface area contributed by atoms with Crippen LogP contribution in [0.3, 0.4) is 0 Å². The van der Waals surface area contributed by atoms with Crippen molar-refractivity contribution in [2.75, 3.05) is 6.54 Å². The van der Waals surface area contributed by atoms with Gasteiger partial charge in [0, 0.05) is 12.1 Å². The Morgan fingerprint density at radius 3 is 2.40 bits per heavy atom. The summed E-state index contributed by atoms with van der Waals surface area (Å²) < 4.78 is 30.3. The van der Waals surface area contributed by atoms with Gasteiger partial charge in [0.1, 0.15) is 18.8 Å². The van der Waals surface area contributed by atoms with Crippen LogP contribution >= 0.6 is 0 Å². The van der Waals surface area contributed by atoms with Gasteiger partial charge in [-0.2, -0.15) is 0 Å². The van der Waals surface area contributed by atoms with Crippen molar-refractivity contribution in [3.8, 4) is 0 Å². The maximum atomic E-state index is 12.7. The molecule has 0 heterocycles. The normalized spacial score (nSPS) is 13.3. The van der Waals surface area contributed by atoms with Crippen LogP contribution in [0.1, 0.15) is 29.2 Å². The van der Waals surface area contributed by atoms with Crippen molar-refractivity contribution in [2.45, 2.75) is 25.2 Å². The van der Waals surface area contributed by atoms with E-state index in [1.165, 1.54) is 18.2 Å². The number of hydrogen-bond donors (Lipinski definition) is 3. The fourth-order valence-corrected chi connectivity index (χ4v) is 2.17. The van der Waals surface area contributed by atoms with E-state index in [2.05, 4.69) is 5.32 Å². The van der Waals surface area contributed by atoms with Crippen LogP contribution in [-0.4, -0.2) is 29.0 Å². The number of ether oxygens (including phenoxy) is 1. The van der Waals surface area contributed by atoms with Gasteiger partial charge in [0.25, 0.3) is 6.43 Å². The standard InChI is InChI=1S/C18H19F2NO4/c19-17(20)14-8-4-7-13(9-14)16(23)15(22)10-21-18(24)25-11-12-5-2-1-3-6-12/h1-9,15-17,22-23H,10-11H2,(H,21,24). The Kier molecular flexibility index (Phi) is 6.85. The number of amides is 1. The molecule has 134 valence electrons. The molecule has 0 aliphatic rings. The van der Waals surface area contributed by atoms with Gasteiger partial charge in [0.05, 0.1) is 0 Å². The molecule has 2 atom stereocenters. The molecule has 0 fully saturated rings. The topological polar surface area (TPSA) is 78.8 Å². The first-order chi connectivity index (χ1) is 12.0. The number of aliphatic hydroxyl groups is 2. The van der Waals surface area contributed by atoms with Gasteiger partial charge in [-0.15, -0.1) is 0 Å². The lowest BCUT2D eigenvalue weighted by molar-refractivity contribution is 0.0182. The average molecular weight is 351 g/mol. The molecule has 5 nitrogen and oxygen atoms in total. The zero-order valence-corrected chi connectivity index (χ0v) is 13.3. The van der Waals surface area contributed by atoms with Crippen LogP contribution in [0.5, 0.6) is 0 Å². The van der Waals surface area contributed by atoms with Crippen molar-refractivity contribution in [3.63, 3.8) is 0 Å². The molecule has 2 aromatic rings. The first kappa shape index (κ1) is 18.8. The molecule has 2 unspecified atom stereocenters. The molecule has 0 aromatic heterocycles. The summed E-state index contributed by atoms with van der Waals surface area (Å²) in [5.74, 6) is 0. The number of alkyl carbamates (subject to hydrolysis) is 1. The number of nitrogens with one attached hydrogen (secondary N) is 1. The summed E-state index contributed by atoms with van der Waals surface area (Å²) in [6, 6.07) is 14.2. The SMILES string of the molecule is O=C(NCC(O)C(O)c1cccc(C(F)F)c1)OCc1ccccc1. The van der Waals surface area contributed by atoms with E-state index in [0.717, 1.165) is 11.6 Å². The van der Waals surface area contributed by atoms with Crippen LogP contribution in [0, 0.1) is 0 Å². The summed E-state index contributed by atoms with van der Waals surface area (Å²) >= 11 is 0. The van der Waals surface area contributed by atoms with E-state index in [4.69, 9.17) is 4.74 Å². The zero-order chi connectivity index (χ0) is 18.2. The molecular weight excluding hydrogens is 332 g/mol.